The Hall–Kier alpha value is -3.05. The molecule has 0 saturated carbocycles. The van der Waals surface area contributed by atoms with Gasteiger partial charge in [-0.05, 0) is 42.9 Å². The number of nitrogens with zero attached hydrogens (tertiary/aromatic N) is 2. The molecular formula is C19H20N2O5S. The molecule has 1 aliphatic heterocycles. The van der Waals surface area contributed by atoms with Crippen molar-refractivity contribution in [3.8, 4) is 23.8 Å². The number of carbonyl (C=O) groups is 2. The quantitative estimate of drug-likeness (QED) is 0.305. The number of hydrogen-bond acceptors (Lipinski definition) is 6. The number of terminal acetylenes is 1. The average Bonchev–Trinajstić information content (AvgIpc) is 2.85. The van der Waals surface area contributed by atoms with E-state index < -0.39 is 5.97 Å². The molecule has 1 saturated heterocycles. The molecule has 1 amide bonds. The van der Waals surface area contributed by atoms with Crippen molar-refractivity contribution in [1.29, 1.82) is 0 Å². The molecule has 7 nitrogen and oxygen atoms in total. The predicted octanol–water partition coefficient (Wildman–Crippen LogP) is 1.67. The summed E-state index contributed by atoms with van der Waals surface area (Å²) < 4.78 is 15.7. The fourth-order valence-corrected chi connectivity index (χ4v) is 2.67. The van der Waals surface area contributed by atoms with Gasteiger partial charge in [-0.1, -0.05) is 12.0 Å². The van der Waals surface area contributed by atoms with E-state index in [9.17, 15) is 9.59 Å². The number of likely N-dealkylation sites (N-methyl/N-ethyl adjacent to an activating group) is 1. The van der Waals surface area contributed by atoms with Crippen LogP contribution in [0.4, 0.5) is 0 Å². The lowest BCUT2D eigenvalue weighted by atomic mass is 10.1. The third kappa shape index (κ3) is 4.57. The Kier molecular flexibility index (Phi) is 6.79. The van der Waals surface area contributed by atoms with Crippen LogP contribution in [0.15, 0.2) is 23.9 Å². The summed E-state index contributed by atoms with van der Waals surface area (Å²) in [6.07, 6.45) is 6.89. The lowest BCUT2D eigenvalue weighted by Gasteiger charge is -2.14. The van der Waals surface area contributed by atoms with Crippen molar-refractivity contribution in [3.05, 3.63) is 29.5 Å². The highest BCUT2D eigenvalue weighted by molar-refractivity contribution is 7.80. The van der Waals surface area contributed by atoms with Gasteiger partial charge in [0.2, 0.25) is 0 Å². The fourth-order valence-electron chi connectivity index (χ4n) is 2.42. The van der Waals surface area contributed by atoms with Crippen molar-refractivity contribution in [2.75, 3.05) is 33.9 Å². The Morgan fingerprint density at radius 3 is 2.70 bits per heavy atom. The van der Waals surface area contributed by atoms with Crippen LogP contribution in [0, 0.1) is 12.3 Å². The summed E-state index contributed by atoms with van der Waals surface area (Å²) in [4.78, 5) is 26.9. The first-order valence-corrected chi connectivity index (χ1v) is 8.54. The highest BCUT2D eigenvalue weighted by atomic mass is 32.1. The monoisotopic (exact) mass is 388 g/mol. The number of hydrogen-bond donors (Lipinski definition) is 0. The Morgan fingerprint density at radius 1 is 1.33 bits per heavy atom. The van der Waals surface area contributed by atoms with E-state index in [0.29, 0.717) is 29.4 Å². The van der Waals surface area contributed by atoms with Gasteiger partial charge in [0.25, 0.3) is 5.91 Å². The van der Waals surface area contributed by atoms with Crippen LogP contribution in [0.1, 0.15) is 12.5 Å². The van der Waals surface area contributed by atoms with E-state index in [1.807, 2.05) is 6.92 Å². The van der Waals surface area contributed by atoms with Crippen molar-refractivity contribution < 1.29 is 23.8 Å². The van der Waals surface area contributed by atoms with E-state index in [2.05, 4.69) is 10.7 Å². The van der Waals surface area contributed by atoms with Crippen molar-refractivity contribution >= 4 is 35.3 Å². The molecule has 0 N–H and O–H groups in total. The van der Waals surface area contributed by atoms with Gasteiger partial charge in [-0.2, -0.15) is 0 Å². The van der Waals surface area contributed by atoms with Crippen LogP contribution in [0.5, 0.6) is 11.5 Å². The van der Waals surface area contributed by atoms with E-state index in [0.717, 1.165) is 0 Å². The highest BCUT2D eigenvalue weighted by Gasteiger charge is 2.37. The smallest absolute Gasteiger partial charge is 0.325 e. The van der Waals surface area contributed by atoms with E-state index in [1.54, 1.807) is 36.2 Å². The van der Waals surface area contributed by atoms with Gasteiger partial charge in [0.15, 0.2) is 16.6 Å². The maximum atomic E-state index is 12.6. The second-order valence-electron chi connectivity index (χ2n) is 5.47. The summed E-state index contributed by atoms with van der Waals surface area (Å²) in [7, 11) is 2.92. The van der Waals surface area contributed by atoms with Crippen molar-refractivity contribution in [2.24, 2.45) is 0 Å². The summed E-state index contributed by atoms with van der Waals surface area (Å²) in [6, 6.07) is 5.24. The third-order valence-electron chi connectivity index (χ3n) is 3.74. The standard InChI is InChI=1S/C19H20N2O5S/c1-5-9-26-15-8-7-13(11-16(15)25-6-2)10-14-18(23)21(12-17(22)24-4)19(27)20(14)3/h1,7-8,10-11H,6,9,12H2,2-4H3/b14-10-. The molecule has 0 aromatic heterocycles. The number of rotatable bonds is 7. The number of methoxy groups -OCH3 is 1. The van der Waals surface area contributed by atoms with Gasteiger partial charge in [-0.15, -0.1) is 6.42 Å². The average molecular weight is 388 g/mol. The Morgan fingerprint density at radius 2 is 2.07 bits per heavy atom. The SMILES string of the molecule is C#CCOc1ccc(/C=C2/C(=O)N(CC(=O)OC)C(=S)N2C)cc1OCC. The Labute approximate surface area is 163 Å². The number of esters is 1. The van der Waals surface area contributed by atoms with Gasteiger partial charge in [0, 0.05) is 7.05 Å². The maximum absolute atomic E-state index is 12.6. The zero-order valence-electron chi connectivity index (χ0n) is 15.4. The molecule has 0 aliphatic carbocycles. The van der Waals surface area contributed by atoms with Crippen molar-refractivity contribution in [3.63, 3.8) is 0 Å². The Balaban J connectivity index is 2.32. The van der Waals surface area contributed by atoms with Crippen LogP contribution in [0.2, 0.25) is 0 Å². The van der Waals surface area contributed by atoms with Crippen LogP contribution in [0.25, 0.3) is 6.08 Å². The van der Waals surface area contributed by atoms with Gasteiger partial charge < -0.3 is 19.1 Å². The van der Waals surface area contributed by atoms with E-state index in [1.165, 1.54) is 12.0 Å². The molecule has 27 heavy (non-hydrogen) atoms. The van der Waals surface area contributed by atoms with Crippen LogP contribution in [0.3, 0.4) is 0 Å². The number of ether oxygens (including phenoxy) is 3. The minimum atomic E-state index is -0.547. The second kappa shape index (κ2) is 9.05. The van der Waals surface area contributed by atoms with E-state index in [4.69, 9.17) is 28.1 Å². The molecule has 2 rings (SSSR count). The zero-order chi connectivity index (χ0) is 20.0. The minimum Gasteiger partial charge on any atom is -0.490 e. The van der Waals surface area contributed by atoms with Gasteiger partial charge in [0.05, 0.1) is 13.7 Å². The summed E-state index contributed by atoms with van der Waals surface area (Å²) in [5.74, 6) is 2.52. The first-order valence-electron chi connectivity index (χ1n) is 8.14. The summed E-state index contributed by atoms with van der Waals surface area (Å²) in [6.45, 7) is 2.19. The molecule has 1 aromatic rings. The molecule has 1 heterocycles. The third-order valence-corrected chi connectivity index (χ3v) is 4.23. The normalized spacial score (nSPS) is 15.1. The molecule has 0 radical (unpaired) electrons. The van der Waals surface area contributed by atoms with Crippen LogP contribution >= 0.6 is 12.2 Å². The second-order valence-corrected chi connectivity index (χ2v) is 5.84. The van der Waals surface area contributed by atoms with Crippen molar-refractivity contribution in [2.45, 2.75) is 6.92 Å². The predicted molar refractivity (Wildman–Crippen MR) is 104 cm³/mol. The first-order chi connectivity index (χ1) is 12.9. The lowest BCUT2D eigenvalue weighted by molar-refractivity contribution is -0.143. The molecule has 0 spiro atoms. The number of carbonyl (C=O) groups excluding carboxylic acids is 2. The molecule has 1 fully saturated rings. The van der Waals surface area contributed by atoms with Crippen molar-refractivity contribution in [1.82, 2.24) is 9.80 Å². The number of benzene rings is 1. The first kappa shape index (κ1) is 20.3. The van der Waals surface area contributed by atoms with Gasteiger partial charge in [-0.3, -0.25) is 14.5 Å². The molecule has 0 atom stereocenters. The lowest BCUT2D eigenvalue weighted by Crippen LogP contribution is -2.36. The highest BCUT2D eigenvalue weighted by Crippen LogP contribution is 2.30. The zero-order valence-corrected chi connectivity index (χ0v) is 16.2. The molecule has 1 aliphatic rings. The van der Waals surface area contributed by atoms with Gasteiger partial charge in [0.1, 0.15) is 18.8 Å². The molecule has 0 bridgehead atoms. The van der Waals surface area contributed by atoms with Crippen LogP contribution in [-0.4, -0.2) is 60.7 Å². The van der Waals surface area contributed by atoms with Crippen LogP contribution < -0.4 is 9.47 Å². The number of thiocarbonyl (C=S) groups is 1. The van der Waals surface area contributed by atoms with E-state index >= 15 is 0 Å². The molecule has 8 heteroatoms. The largest absolute Gasteiger partial charge is 0.490 e. The molecule has 142 valence electrons. The minimum absolute atomic E-state index is 0.124. The molecule has 1 aromatic carbocycles. The summed E-state index contributed by atoms with van der Waals surface area (Å²) in [5.41, 5.74) is 1.05. The Bertz CT molecular complexity index is 828. The molecular weight excluding hydrogens is 368 g/mol. The summed E-state index contributed by atoms with van der Waals surface area (Å²) >= 11 is 5.25. The fraction of sp³-hybridized carbons (Fsp3) is 0.316. The maximum Gasteiger partial charge on any atom is 0.325 e. The topological polar surface area (TPSA) is 68.3 Å². The van der Waals surface area contributed by atoms with Gasteiger partial charge in [-0.25, -0.2) is 0 Å². The number of amides is 1. The van der Waals surface area contributed by atoms with Crippen LogP contribution in [-0.2, 0) is 14.3 Å². The summed E-state index contributed by atoms with van der Waals surface area (Å²) in [5, 5.41) is 0.232. The molecule has 0 unspecified atom stereocenters. The van der Waals surface area contributed by atoms with E-state index in [-0.39, 0.29) is 24.2 Å². The van der Waals surface area contributed by atoms with Gasteiger partial charge >= 0.3 is 5.97 Å².